The summed E-state index contributed by atoms with van der Waals surface area (Å²) < 4.78 is 1.97. The van der Waals surface area contributed by atoms with Crippen molar-refractivity contribution >= 4 is 40.1 Å². The summed E-state index contributed by atoms with van der Waals surface area (Å²) in [5.41, 5.74) is 5.21. The van der Waals surface area contributed by atoms with Crippen LogP contribution in [-0.4, -0.2) is 36.2 Å². The summed E-state index contributed by atoms with van der Waals surface area (Å²) >= 11 is 1.15. The molecular weight excluding hydrogens is 404 g/mol. The highest BCUT2D eigenvalue weighted by molar-refractivity contribution is 8.00. The topological polar surface area (TPSA) is 125 Å². The molecule has 0 radical (unpaired) electrons. The number of fused-ring (bicyclic) bond motifs is 1. The Morgan fingerprint density at radius 1 is 1.20 bits per heavy atom. The fraction of sp³-hybridized carbons (Fsp3) is 0.350. The summed E-state index contributed by atoms with van der Waals surface area (Å²) in [6.45, 7) is 1.67. The van der Waals surface area contributed by atoms with Crippen molar-refractivity contribution in [3.8, 4) is 0 Å². The van der Waals surface area contributed by atoms with Crippen LogP contribution in [0.5, 0.6) is 0 Å². The Kier molecular flexibility index (Phi) is 5.10. The van der Waals surface area contributed by atoms with E-state index in [0.29, 0.717) is 11.2 Å². The van der Waals surface area contributed by atoms with Gasteiger partial charge < -0.3 is 11.1 Å². The van der Waals surface area contributed by atoms with Crippen molar-refractivity contribution in [1.29, 1.82) is 0 Å². The van der Waals surface area contributed by atoms with E-state index in [-0.39, 0.29) is 11.4 Å². The maximum atomic E-state index is 13.0. The van der Waals surface area contributed by atoms with E-state index in [4.69, 9.17) is 5.73 Å². The number of carbonyl (C=O) groups is 1. The van der Waals surface area contributed by atoms with Crippen molar-refractivity contribution in [3.63, 3.8) is 0 Å². The standard InChI is InChI=1S/C20H22N6O3S/c1-10(15(27)14-16(21)25(2)20(29)26(3)18(14)28)30-19-23-13-7-5-4-6-12(13)17(24-19)22-11-8-9-11/h4-7,10-11H,8-9,21H2,1-3H3,(H,22,23,24)/t10-/m1/s1. The summed E-state index contributed by atoms with van der Waals surface area (Å²) in [6.07, 6.45) is 2.20. The minimum atomic E-state index is -0.705. The van der Waals surface area contributed by atoms with Crippen LogP contribution in [0.15, 0.2) is 39.0 Å². The number of anilines is 2. The van der Waals surface area contributed by atoms with Crippen LogP contribution in [0.1, 0.15) is 30.1 Å². The van der Waals surface area contributed by atoms with Crippen LogP contribution >= 0.6 is 11.8 Å². The molecule has 1 aromatic carbocycles. The normalized spacial score (nSPS) is 14.6. The number of para-hydroxylation sites is 1. The van der Waals surface area contributed by atoms with Crippen LogP contribution in [0.2, 0.25) is 0 Å². The molecule has 0 aliphatic heterocycles. The molecule has 0 saturated heterocycles. The number of thioether (sulfide) groups is 1. The second kappa shape index (κ2) is 7.60. The molecule has 1 aliphatic carbocycles. The molecule has 3 N–H and O–H groups in total. The van der Waals surface area contributed by atoms with Gasteiger partial charge in [-0.25, -0.2) is 14.8 Å². The fourth-order valence-electron chi connectivity index (χ4n) is 3.15. The van der Waals surface area contributed by atoms with Crippen molar-refractivity contribution in [3.05, 3.63) is 50.7 Å². The molecule has 0 amide bonds. The lowest BCUT2D eigenvalue weighted by Gasteiger charge is -2.15. The molecule has 30 heavy (non-hydrogen) atoms. The van der Waals surface area contributed by atoms with E-state index >= 15 is 0 Å². The van der Waals surface area contributed by atoms with Gasteiger partial charge in [0.05, 0.1) is 10.8 Å². The summed E-state index contributed by atoms with van der Waals surface area (Å²) in [6, 6.07) is 8.09. The van der Waals surface area contributed by atoms with Crippen LogP contribution in [-0.2, 0) is 14.1 Å². The second-order valence-electron chi connectivity index (χ2n) is 7.38. The second-order valence-corrected chi connectivity index (χ2v) is 8.69. The van der Waals surface area contributed by atoms with E-state index in [2.05, 4.69) is 15.3 Å². The molecule has 9 nitrogen and oxygen atoms in total. The van der Waals surface area contributed by atoms with Crippen LogP contribution < -0.4 is 22.3 Å². The maximum Gasteiger partial charge on any atom is 0.332 e. The first kappa shape index (κ1) is 20.1. The first-order chi connectivity index (χ1) is 14.3. The molecule has 2 aromatic heterocycles. The Morgan fingerprint density at radius 3 is 2.60 bits per heavy atom. The zero-order valence-electron chi connectivity index (χ0n) is 16.9. The number of aromatic nitrogens is 4. The van der Waals surface area contributed by atoms with E-state index in [1.807, 2.05) is 24.3 Å². The van der Waals surface area contributed by atoms with Gasteiger partial charge in [-0.2, -0.15) is 0 Å². The van der Waals surface area contributed by atoms with Crippen molar-refractivity contribution in [2.45, 2.75) is 36.2 Å². The first-order valence-corrected chi connectivity index (χ1v) is 10.5. The van der Waals surface area contributed by atoms with Gasteiger partial charge >= 0.3 is 5.69 Å². The SMILES string of the molecule is C[C@@H](Sc1nc(NC2CC2)c2ccccc2n1)C(=O)c1c(N)n(C)c(=O)n(C)c1=O. The number of ketones is 1. The monoisotopic (exact) mass is 426 g/mol. The first-order valence-electron chi connectivity index (χ1n) is 9.57. The predicted octanol–water partition coefficient (Wildman–Crippen LogP) is 1.55. The Balaban J connectivity index is 1.68. The lowest BCUT2D eigenvalue weighted by molar-refractivity contribution is 0.0992. The molecule has 1 aliphatic rings. The van der Waals surface area contributed by atoms with Gasteiger partial charge in [0.15, 0.2) is 10.9 Å². The van der Waals surface area contributed by atoms with E-state index in [0.717, 1.165) is 50.5 Å². The minimum Gasteiger partial charge on any atom is -0.384 e. The number of nitrogens with two attached hydrogens (primary N) is 1. The molecule has 4 rings (SSSR count). The van der Waals surface area contributed by atoms with E-state index in [9.17, 15) is 14.4 Å². The van der Waals surface area contributed by atoms with Crippen molar-refractivity contribution in [1.82, 2.24) is 19.1 Å². The lowest BCUT2D eigenvalue weighted by atomic mass is 10.1. The fourth-order valence-corrected chi connectivity index (χ4v) is 3.98. The Bertz CT molecular complexity index is 1280. The van der Waals surface area contributed by atoms with Crippen molar-refractivity contribution in [2.75, 3.05) is 11.1 Å². The Hall–Kier alpha value is -3.14. The van der Waals surface area contributed by atoms with Crippen molar-refractivity contribution in [2.24, 2.45) is 14.1 Å². The molecule has 3 aromatic rings. The van der Waals surface area contributed by atoms with Gasteiger partial charge in [0, 0.05) is 25.5 Å². The zero-order valence-corrected chi connectivity index (χ0v) is 17.7. The van der Waals surface area contributed by atoms with E-state index < -0.39 is 22.3 Å². The Labute approximate surface area is 176 Å². The number of rotatable bonds is 6. The van der Waals surface area contributed by atoms with Gasteiger partial charge in [0.1, 0.15) is 17.2 Å². The number of nitrogen functional groups attached to an aromatic ring is 1. The molecule has 1 saturated carbocycles. The molecule has 0 spiro atoms. The number of nitrogens with one attached hydrogen (secondary N) is 1. The van der Waals surface area contributed by atoms with Crippen LogP contribution in [0.25, 0.3) is 10.9 Å². The molecule has 1 atom stereocenters. The molecule has 0 unspecified atom stereocenters. The number of nitrogens with zero attached hydrogens (tertiary/aromatic N) is 4. The summed E-state index contributed by atoms with van der Waals surface area (Å²) in [5.74, 6) is 0.126. The highest BCUT2D eigenvalue weighted by Gasteiger charge is 2.27. The highest BCUT2D eigenvalue weighted by Crippen LogP contribution is 2.31. The molecule has 1 fully saturated rings. The van der Waals surface area contributed by atoms with Crippen LogP contribution in [0.4, 0.5) is 11.6 Å². The zero-order chi connectivity index (χ0) is 21.6. The molecule has 10 heteroatoms. The predicted molar refractivity (Wildman–Crippen MR) is 117 cm³/mol. The third kappa shape index (κ3) is 3.58. The Morgan fingerprint density at radius 2 is 1.90 bits per heavy atom. The van der Waals surface area contributed by atoms with Gasteiger partial charge in [0.2, 0.25) is 0 Å². The molecular formula is C20H22N6O3S. The van der Waals surface area contributed by atoms with E-state index in [1.165, 1.54) is 14.1 Å². The van der Waals surface area contributed by atoms with Gasteiger partial charge in [-0.1, -0.05) is 23.9 Å². The number of Topliss-reactive ketones (excluding diaryl/α,β-unsaturated/α-hetero) is 1. The summed E-state index contributed by atoms with van der Waals surface area (Å²) in [5, 5.41) is 4.09. The lowest BCUT2D eigenvalue weighted by Crippen LogP contribution is -2.42. The largest absolute Gasteiger partial charge is 0.384 e. The maximum absolute atomic E-state index is 13.0. The van der Waals surface area contributed by atoms with Crippen LogP contribution in [0, 0.1) is 0 Å². The number of carbonyl (C=O) groups excluding carboxylic acids is 1. The minimum absolute atomic E-state index is 0.143. The average molecular weight is 427 g/mol. The molecule has 2 heterocycles. The summed E-state index contributed by atoms with van der Waals surface area (Å²) in [4.78, 5) is 46.7. The van der Waals surface area contributed by atoms with Gasteiger partial charge in [-0.3, -0.25) is 18.7 Å². The average Bonchev–Trinajstić information content (AvgIpc) is 3.55. The summed E-state index contributed by atoms with van der Waals surface area (Å²) in [7, 11) is 2.74. The number of hydrogen-bond donors (Lipinski definition) is 2. The molecule has 0 bridgehead atoms. The molecule has 156 valence electrons. The van der Waals surface area contributed by atoms with Gasteiger partial charge in [0.25, 0.3) is 5.56 Å². The number of hydrogen-bond acceptors (Lipinski definition) is 8. The van der Waals surface area contributed by atoms with E-state index in [1.54, 1.807) is 6.92 Å². The third-order valence-electron chi connectivity index (χ3n) is 5.11. The third-order valence-corrected chi connectivity index (χ3v) is 6.07. The van der Waals surface area contributed by atoms with Crippen molar-refractivity contribution < 1.29 is 4.79 Å². The smallest absolute Gasteiger partial charge is 0.332 e. The highest BCUT2D eigenvalue weighted by atomic mass is 32.2. The quantitative estimate of drug-likeness (QED) is 0.345. The van der Waals surface area contributed by atoms with Crippen LogP contribution in [0.3, 0.4) is 0 Å². The van der Waals surface area contributed by atoms with Gasteiger partial charge in [-0.15, -0.1) is 0 Å². The van der Waals surface area contributed by atoms with Gasteiger partial charge in [-0.05, 0) is 31.9 Å². The number of benzene rings is 1.